The van der Waals surface area contributed by atoms with E-state index in [2.05, 4.69) is 4.90 Å². The minimum absolute atomic E-state index is 0.389. The van der Waals surface area contributed by atoms with Gasteiger partial charge in [0.25, 0.3) is 0 Å². The molecule has 0 amide bonds. The van der Waals surface area contributed by atoms with Gasteiger partial charge >= 0.3 is 5.76 Å². The maximum absolute atomic E-state index is 13.2. The SMILES string of the molecule is O=c1oc2ccccc2n1CN1CCN(S(=O)(=O)c2ccc3c(c2)CCCC3)CC1. The average molecular weight is 428 g/mol. The van der Waals surface area contributed by atoms with Crippen LogP contribution < -0.4 is 5.76 Å². The predicted molar refractivity (Wildman–Crippen MR) is 114 cm³/mol. The zero-order valence-corrected chi connectivity index (χ0v) is 17.6. The van der Waals surface area contributed by atoms with Crippen LogP contribution in [0.25, 0.3) is 11.1 Å². The minimum Gasteiger partial charge on any atom is -0.408 e. The van der Waals surface area contributed by atoms with Crippen LogP contribution in [0, 0.1) is 0 Å². The average Bonchev–Trinajstić information content (AvgIpc) is 3.09. The van der Waals surface area contributed by atoms with Gasteiger partial charge in [-0.05, 0) is 61.1 Å². The molecule has 0 bridgehead atoms. The van der Waals surface area contributed by atoms with Crippen molar-refractivity contribution in [3.63, 3.8) is 0 Å². The number of aromatic nitrogens is 1. The fourth-order valence-electron chi connectivity index (χ4n) is 4.48. The van der Waals surface area contributed by atoms with Gasteiger partial charge in [-0.25, -0.2) is 13.2 Å². The molecule has 0 saturated carbocycles. The van der Waals surface area contributed by atoms with Crippen LogP contribution in [-0.2, 0) is 29.5 Å². The Kier molecular flexibility index (Phi) is 5.00. The Bertz CT molecular complexity index is 1240. The van der Waals surface area contributed by atoms with Crippen molar-refractivity contribution >= 4 is 21.1 Å². The third kappa shape index (κ3) is 3.49. The molecule has 0 N–H and O–H groups in total. The molecular weight excluding hydrogens is 402 g/mol. The number of nitrogens with zero attached hydrogens (tertiary/aromatic N) is 3. The van der Waals surface area contributed by atoms with Crippen LogP contribution in [0.5, 0.6) is 0 Å². The third-order valence-corrected chi connectivity index (χ3v) is 8.10. The largest absolute Gasteiger partial charge is 0.421 e. The van der Waals surface area contributed by atoms with Crippen molar-refractivity contribution in [1.29, 1.82) is 0 Å². The van der Waals surface area contributed by atoms with E-state index in [0.29, 0.717) is 43.3 Å². The van der Waals surface area contributed by atoms with E-state index in [1.54, 1.807) is 21.0 Å². The van der Waals surface area contributed by atoms with Gasteiger partial charge in [-0.3, -0.25) is 9.47 Å². The molecule has 1 aliphatic heterocycles. The second-order valence-electron chi connectivity index (χ2n) is 8.06. The molecule has 30 heavy (non-hydrogen) atoms. The Hall–Kier alpha value is -2.42. The molecule has 8 heteroatoms. The van der Waals surface area contributed by atoms with Gasteiger partial charge in [0, 0.05) is 26.2 Å². The first-order valence-corrected chi connectivity index (χ1v) is 11.9. The molecule has 158 valence electrons. The van der Waals surface area contributed by atoms with Gasteiger partial charge in [-0.2, -0.15) is 4.31 Å². The molecular formula is C22H25N3O4S. The second kappa shape index (κ2) is 7.68. The highest BCUT2D eigenvalue weighted by Gasteiger charge is 2.29. The van der Waals surface area contributed by atoms with Gasteiger partial charge in [-0.15, -0.1) is 0 Å². The van der Waals surface area contributed by atoms with E-state index >= 15 is 0 Å². The number of para-hydroxylation sites is 2. The van der Waals surface area contributed by atoms with Crippen molar-refractivity contribution < 1.29 is 12.8 Å². The predicted octanol–water partition coefficient (Wildman–Crippen LogP) is 2.44. The van der Waals surface area contributed by atoms with Crippen LogP contribution in [0.15, 0.2) is 56.6 Å². The molecule has 0 spiro atoms. The molecule has 0 atom stereocenters. The van der Waals surface area contributed by atoms with Gasteiger partial charge in [0.05, 0.1) is 17.1 Å². The summed E-state index contributed by atoms with van der Waals surface area (Å²) < 4.78 is 34.8. The number of oxazole rings is 1. The molecule has 5 rings (SSSR count). The standard InChI is InChI=1S/C22H25N3O4S/c26-22-25(20-7-3-4-8-21(20)29-22)16-23-11-13-24(14-12-23)30(27,28)19-10-9-17-5-1-2-6-18(17)15-19/h3-4,7-10,15H,1-2,5-6,11-14,16H2. The van der Waals surface area contributed by atoms with Crippen LogP contribution in [0.3, 0.4) is 0 Å². The van der Waals surface area contributed by atoms with Gasteiger partial charge in [0.15, 0.2) is 5.58 Å². The molecule has 1 fully saturated rings. The third-order valence-electron chi connectivity index (χ3n) is 6.20. The first kappa shape index (κ1) is 19.5. The van der Waals surface area contributed by atoms with E-state index in [4.69, 9.17) is 4.42 Å². The van der Waals surface area contributed by atoms with Gasteiger partial charge in [0.2, 0.25) is 10.0 Å². The molecule has 7 nitrogen and oxygen atoms in total. The zero-order chi connectivity index (χ0) is 20.7. The van der Waals surface area contributed by atoms with Crippen LogP contribution in [-0.4, -0.2) is 48.4 Å². The quantitative estimate of drug-likeness (QED) is 0.639. The molecule has 1 aliphatic carbocycles. The summed E-state index contributed by atoms with van der Waals surface area (Å²) in [6.45, 7) is 2.34. The normalized spacial score (nSPS) is 18.5. The smallest absolute Gasteiger partial charge is 0.408 e. The topological polar surface area (TPSA) is 75.8 Å². The maximum atomic E-state index is 13.2. The van der Waals surface area contributed by atoms with E-state index in [-0.39, 0.29) is 5.76 Å². The number of rotatable bonds is 4. The number of piperazine rings is 1. The van der Waals surface area contributed by atoms with Gasteiger partial charge in [0.1, 0.15) is 0 Å². The zero-order valence-electron chi connectivity index (χ0n) is 16.8. The van der Waals surface area contributed by atoms with E-state index < -0.39 is 10.0 Å². The van der Waals surface area contributed by atoms with Crippen molar-refractivity contribution in [3.05, 3.63) is 64.1 Å². The number of hydrogen-bond acceptors (Lipinski definition) is 5. The van der Waals surface area contributed by atoms with Crippen molar-refractivity contribution in [2.75, 3.05) is 26.2 Å². The van der Waals surface area contributed by atoms with Crippen molar-refractivity contribution in [1.82, 2.24) is 13.8 Å². The second-order valence-corrected chi connectivity index (χ2v) is 10.0. The summed E-state index contributed by atoms with van der Waals surface area (Å²) in [5, 5.41) is 0. The molecule has 1 aromatic heterocycles. The lowest BCUT2D eigenvalue weighted by Gasteiger charge is -2.34. The first-order chi connectivity index (χ1) is 14.5. The van der Waals surface area contributed by atoms with E-state index in [9.17, 15) is 13.2 Å². The number of aryl methyl sites for hydroxylation is 2. The fraction of sp³-hybridized carbons (Fsp3) is 0.409. The van der Waals surface area contributed by atoms with Gasteiger partial charge < -0.3 is 4.42 Å². The summed E-state index contributed by atoms with van der Waals surface area (Å²) in [4.78, 5) is 14.7. The highest BCUT2D eigenvalue weighted by Crippen LogP contribution is 2.26. The van der Waals surface area contributed by atoms with Crippen molar-refractivity contribution in [2.24, 2.45) is 0 Å². The highest BCUT2D eigenvalue weighted by molar-refractivity contribution is 7.89. The minimum atomic E-state index is -3.50. The molecule has 0 radical (unpaired) electrons. The molecule has 1 saturated heterocycles. The first-order valence-electron chi connectivity index (χ1n) is 10.4. The lowest BCUT2D eigenvalue weighted by Crippen LogP contribution is -2.49. The Morgan fingerprint density at radius 1 is 0.900 bits per heavy atom. The van der Waals surface area contributed by atoms with E-state index in [1.807, 2.05) is 30.3 Å². The molecule has 0 unspecified atom stereocenters. The summed E-state index contributed by atoms with van der Waals surface area (Å²) in [6, 6.07) is 12.9. The lowest BCUT2D eigenvalue weighted by molar-refractivity contribution is 0.150. The molecule has 2 aromatic carbocycles. The maximum Gasteiger partial charge on any atom is 0.421 e. The van der Waals surface area contributed by atoms with Crippen LogP contribution in [0.1, 0.15) is 24.0 Å². The summed E-state index contributed by atoms with van der Waals surface area (Å²) in [7, 11) is -3.50. The Labute approximate surface area is 175 Å². The summed E-state index contributed by atoms with van der Waals surface area (Å²) in [5.74, 6) is -0.389. The monoisotopic (exact) mass is 427 g/mol. The van der Waals surface area contributed by atoms with E-state index in [1.165, 1.54) is 17.5 Å². The number of benzene rings is 2. The summed E-state index contributed by atoms with van der Waals surface area (Å²) in [6.07, 6.45) is 4.30. The van der Waals surface area contributed by atoms with Gasteiger partial charge in [-0.1, -0.05) is 18.2 Å². The van der Waals surface area contributed by atoms with Crippen molar-refractivity contribution in [2.45, 2.75) is 37.2 Å². The number of sulfonamides is 1. The van der Waals surface area contributed by atoms with E-state index in [0.717, 1.165) is 24.8 Å². The lowest BCUT2D eigenvalue weighted by atomic mass is 9.92. The van der Waals surface area contributed by atoms with Crippen LogP contribution in [0.2, 0.25) is 0 Å². The summed E-state index contributed by atoms with van der Waals surface area (Å²) >= 11 is 0. The fourth-order valence-corrected chi connectivity index (χ4v) is 5.95. The molecule has 2 heterocycles. The molecule has 3 aromatic rings. The Morgan fingerprint density at radius 3 is 2.43 bits per heavy atom. The summed E-state index contributed by atoms with van der Waals surface area (Å²) in [5.41, 5.74) is 3.78. The van der Waals surface area contributed by atoms with Crippen molar-refractivity contribution in [3.8, 4) is 0 Å². The Morgan fingerprint density at radius 2 is 1.63 bits per heavy atom. The molecule has 2 aliphatic rings. The number of hydrogen-bond donors (Lipinski definition) is 0. The Balaban J connectivity index is 1.29. The van der Waals surface area contributed by atoms with Crippen LogP contribution in [0.4, 0.5) is 0 Å². The highest BCUT2D eigenvalue weighted by atomic mass is 32.2. The van der Waals surface area contributed by atoms with Crippen LogP contribution >= 0.6 is 0 Å². The number of fused-ring (bicyclic) bond motifs is 2.